The van der Waals surface area contributed by atoms with Gasteiger partial charge in [-0.25, -0.2) is 42.5 Å². The summed E-state index contributed by atoms with van der Waals surface area (Å²) in [7, 11) is -15.0. The Balaban J connectivity index is 0.00000152. The van der Waals surface area contributed by atoms with Crippen LogP contribution in [0, 0.1) is 11.6 Å². The molecule has 2 heterocycles. The van der Waals surface area contributed by atoms with Crippen molar-refractivity contribution in [1.82, 2.24) is 4.98 Å². The summed E-state index contributed by atoms with van der Waals surface area (Å²) >= 11 is 0. The lowest BCUT2D eigenvalue weighted by Crippen LogP contribution is -2.57. The third-order valence-electron chi connectivity index (χ3n) is 13.7. The van der Waals surface area contributed by atoms with Gasteiger partial charge in [-0.3, -0.25) is 18.6 Å². The number of carboxylic acids is 2. The van der Waals surface area contributed by atoms with E-state index in [1.165, 1.54) is 30.7 Å². The van der Waals surface area contributed by atoms with E-state index < -0.39 is 251 Å². The SMILES string of the molecule is CC(O)(CCO)C(F)(F)F.CC(O)(CCOC(=O)c1cc(C(=O)OCCC(O)(C(F)(F)F)C(F)(F)F)cc(S(=O)(=O)O)c1)C(F)(F)F.CC(O)(CCOC(=O)c1cc(C(=O)OCCC(O)(C(F)(F)F)C(F)(F)F)cc(S(=O)(=O)O)c1)C(F)(F)F.Fc1ccc[nH+]c1.Fc1cccnc1.O=C(O)c1cc(C(=O)O)cc(S(=O)(=O)O)c1. The zero-order valence-electron chi connectivity index (χ0n) is 56.7. The molecule has 0 aliphatic carbocycles. The maximum absolute atomic E-state index is 12.7. The number of hydrogen-bond acceptors (Lipinski definition) is 23. The highest BCUT2D eigenvalue weighted by Gasteiger charge is 2.71. The molecule has 114 heavy (non-hydrogen) atoms. The molecule has 0 aliphatic heterocycles. The normalized spacial score (nSPS) is 14.1. The van der Waals surface area contributed by atoms with Crippen molar-refractivity contribution in [2.24, 2.45) is 0 Å². The van der Waals surface area contributed by atoms with Gasteiger partial charge >= 0.3 is 79.0 Å². The Hall–Kier alpha value is -9.34. The smallest absolute Gasteiger partial charge is 0.426 e. The number of nitrogens with one attached hydrogen (secondary N) is 1. The van der Waals surface area contributed by atoms with Gasteiger partial charge in [0.25, 0.3) is 41.6 Å². The number of esters is 4. The van der Waals surface area contributed by atoms with Crippen LogP contribution in [0.2, 0.25) is 0 Å². The van der Waals surface area contributed by atoms with Gasteiger partial charge in [-0.05, 0) is 93.6 Å². The van der Waals surface area contributed by atoms with Crippen LogP contribution < -0.4 is 4.98 Å². The predicted octanol–water partition coefficient (Wildman–Crippen LogP) is 9.26. The van der Waals surface area contributed by atoms with Gasteiger partial charge in [-0.2, -0.15) is 117 Å². The second kappa shape index (κ2) is 40.3. The Morgan fingerprint density at radius 1 is 0.386 bits per heavy atom. The van der Waals surface area contributed by atoms with Crippen molar-refractivity contribution in [3.8, 4) is 0 Å². The molecule has 0 fully saturated rings. The van der Waals surface area contributed by atoms with Gasteiger partial charge in [0.1, 0.15) is 5.82 Å². The van der Waals surface area contributed by atoms with E-state index in [4.69, 9.17) is 44.3 Å². The molecular weight excluding hydrogens is 1700 g/mol. The number of nitrogens with zero attached hydrogens (tertiary/aromatic N) is 1. The van der Waals surface area contributed by atoms with Crippen LogP contribution in [0.5, 0.6) is 0 Å². The zero-order chi connectivity index (χ0) is 89.6. The highest BCUT2D eigenvalue weighted by molar-refractivity contribution is 7.86. The third kappa shape index (κ3) is 32.9. The Morgan fingerprint density at radius 2 is 0.640 bits per heavy atom. The molecule has 0 aliphatic rings. The summed E-state index contributed by atoms with van der Waals surface area (Å²) in [6.45, 7) is -4.94. The quantitative estimate of drug-likeness (QED) is 0.0125. The molecule has 5 rings (SSSR count). The minimum atomic E-state index is -6.23. The number of H-pyrrole nitrogens is 1. The number of rotatable bonds is 23. The van der Waals surface area contributed by atoms with Crippen LogP contribution in [0.1, 0.15) is 115 Å². The maximum Gasteiger partial charge on any atom is 0.426 e. The molecule has 0 radical (unpaired) electrons. The van der Waals surface area contributed by atoms with Crippen molar-refractivity contribution in [3.05, 3.63) is 149 Å². The summed E-state index contributed by atoms with van der Waals surface area (Å²) in [5.74, 6) is -10.3. The number of halogens is 23. The number of aromatic amines is 1. The molecule has 5 aromatic rings. The summed E-state index contributed by atoms with van der Waals surface area (Å²) in [5.41, 5.74) is -24.9. The first kappa shape index (κ1) is 105. The first-order valence-corrected chi connectivity index (χ1v) is 33.7. The van der Waals surface area contributed by atoms with Gasteiger partial charge in [0.2, 0.25) is 6.20 Å². The zero-order valence-corrected chi connectivity index (χ0v) is 59.2. The number of carbonyl (C=O) groups excluding carboxylic acids is 4. The molecule has 0 saturated heterocycles. The van der Waals surface area contributed by atoms with E-state index in [0.717, 1.165) is 6.07 Å². The van der Waals surface area contributed by atoms with E-state index in [1.807, 2.05) is 0 Å². The molecule has 29 nitrogen and oxygen atoms in total. The van der Waals surface area contributed by atoms with Crippen LogP contribution in [0.4, 0.5) is 101 Å². The lowest BCUT2D eigenvalue weighted by Gasteiger charge is -2.32. The van der Waals surface area contributed by atoms with E-state index in [0.29, 0.717) is 69.3 Å². The molecule has 12 N–H and O–H groups in total. The lowest BCUT2D eigenvalue weighted by molar-refractivity contribution is -0.380. The standard InChI is InChI=1S/2C18H17F9O9S.C8H6O7S.C5H9F3O2.2C5H4FN/c2*1-14(30,16(19,20)21)2-4-35-12(28)9-6-10(8-11(7-9)37(32,33)34)13(29)36-5-3-15(31,17(22,23)24)18(25,26)27;9-7(10)4-1-5(8(11)12)3-6(2-4)16(13,14)15;1-4(10,2-3-9)5(6,7)8;2*6-5-2-1-3-7-4-5/h2*6-8,30-31H,2-5H2,1H3,(H,32,33,34);1-3H,(H,9,10)(H,11,12)(H,13,14,15);9-10H,2-3H2,1H3;2*1-4H/p+1. The summed E-state index contributed by atoms with van der Waals surface area (Å²) in [5, 5.41) is 70.5. The summed E-state index contributed by atoms with van der Waals surface area (Å²) in [6, 6.07) is 10.3. The number of hydrogen-bond donors (Lipinski definition) is 11. The van der Waals surface area contributed by atoms with Crippen LogP contribution in [0.25, 0.3) is 0 Å². The monoisotopic (exact) mass is 1760 g/mol. The van der Waals surface area contributed by atoms with Gasteiger partial charge in [0, 0.05) is 51.0 Å². The fourth-order valence-electron chi connectivity index (χ4n) is 6.81. The molecule has 3 atom stereocenters. The van der Waals surface area contributed by atoms with E-state index in [9.17, 15) is 165 Å². The minimum absolute atomic E-state index is 0.234. The van der Waals surface area contributed by atoms with Crippen LogP contribution in [0.15, 0.2) is 118 Å². The Morgan fingerprint density at radius 3 is 0.816 bits per heavy atom. The average molecular weight is 1760 g/mol. The first-order valence-electron chi connectivity index (χ1n) is 29.4. The topological polar surface area (TPSA) is 491 Å². The Kier molecular flexibility index (Phi) is 37.0. The number of ether oxygens (including phenoxy) is 4. The van der Waals surface area contributed by atoms with Crippen LogP contribution >= 0.6 is 0 Å². The number of pyridine rings is 2. The molecule has 55 heteroatoms. The molecule has 644 valence electrons. The molecule has 3 aromatic carbocycles. The van der Waals surface area contributed by atoms with Crippen molar-refractivity contribution in [2.45, 2.75) is 139 Å². The number of benzene rings is 3. The van der Waals surface area contributed by atoms with Crippen molar-refractivity contribution >= 4 is 66.2 Å². The van der Waals surface area contributed by atoms with Crippen molar-refractivity contribution in [2.75, 3.05) is 33.0 Å². The Bertz CT molecular complexity index is 4150. The van der Waals surface area contributed by atoms with E-state index in [-0.39, 0.29) is 11.6 Å². The van der Waals surface area contributed by atoms with Crippen LogP contribution in [-0.2, 0) is 49.3 Å². The second-order valence-corrected chi connectivity index (χ2v) is 27.0. The van der Waals surface area contributed by atoms with Crippen molar-refractivity contribution < 1.29 is 233 Å². The molecular formula is C59H58F23N2O27S3+. The summed E-state index contributed by atoms with van der Waals surface area (Å²) in [6.07, 6.45) is -41.7. The molecule has 0 amide bonds. The number of carbonyl (C=O) groups is 6. The maximum atomic E-state index is 12.7. The Labute approximate surface area is 623 Å². The predicted molar refractivity (Wildman–Crippen MR) is 325 cm³/mol. The molecule has 0 saturated carbocycles. The van der Waals surface area contributed by atoms with E-state index in [1.54, 1.807) is 18.3 Å². The number of carboxylic acid groups (broad SMARTS) is 2. The fourth-order valence-corrected chi connectivity index (χ4v) is 8.46. The van der Waals surface area contributed by atoms with Gasteiger partial charge in [0.15, 0.2) is 28.8 Å². The third-order valence-corrected chi connectivity index (χ3v) is 16.2. The average Bonchev–Trinajstić information content (AvgIpc) is 0.768. The highest BCUT2D eigenvalue weighted by atomic mass is 32.2. The number of aliphatic hydroxyl groups is 6. The van der Waals surface area contributed by atoms with Gasteiger partial charge in [-0.15, -0.1) is 0 Å². The lowest BCUT2D eigenvalue weighted by atomic mass is 9.99. The van der Waals surface area contributed by atoms with Crippen molar-refractivity contribution in [3.63, 3.8) is 0 Å². The number of aromatic carboxylic acids is 2. The highest BCUT2D eigenvalue weighted by Crippen LogP contribution is 2.47. The minimum Gasteiger partial charge on any atom is -0.478 e. The summed E-state index contributed by atoms with van der Waals surface area (Å²) < 4.78 is 398. The van der Waals surface area contributed by atoms with Crippen LogP contribution in [-0.4, -0.2) is 225 Å². The van der Waals surface area contributed by atoms with E-state index >= 15 is 0 Å². The van der Waals surface area contributed by atoms with Crippen LogP contribution in [0.3, 0.4) is 0 Å². The second-order valence-electron chi connectivity index (χ2n) is 22.7. The van der Waals surface area contributed by atoms with E-state index in [2.05, 4.69) is 28.9 Å². The molecule has 0 spiro atoms. The van der Waals surface area contributed by atoms with Gasteiger partial charge in [0.05, 0.1) is 80.7 Å². The summed E-state index contributed by atoms with van der Waals surface area (Å²) in [4.78, 5) is 72.5. The molecule has 0 bridgehead atoms. The van der Waals surface area contributed by atoms with Gasteiger partial charge in [-0.1, -0.05) is 0 Å². The fraction of sp³-hybridized carbons (Fsp3) is 0.424. The van der Waals surface area contributed by atoms with Gasteiger partial charge < -0.3 is 59.8 Å². The first-order chi connectivity index (χ1) is 51.0. The molecule has 3 unspecified atom stereocenters. The molecule has 2 aromatic heterocycles. The number of aliphatic hydroxyl groups excluding tert-OH is 1. The number of alkyl halides is 21. The largest absolute Gasteiger partial charge is 0.478 e. The van der Waals surface area contributed by atoms with Crippen molar-refractivity contribution in [1.29, 1.82) is 0 Å². The number of aromatic nitrogens is 2.